The van der Waals surface area contributed by atoms with Crippen LogP contribution in [0.3, 0.4) is 0 Å². The van der Waals surface area contributed by atoms with Gasteiger partial charge in [-0.3, -0.25) is 0 Å². The van der Waals surface area contributed by atoms with E-state index in [2.05, 4.69) is 6.58 Å². The number of hydrogen-bond donors (Lipinski definition) is 1. The first-order valence-electron chi connectivity index (χ1n) is 4.31. The van der Waals surface area contributed by atoms with Crippen LogP contribution in [0.25, 0.3) is 10.8 Å². The Labute approximate surface area is 113 Å². The molecule has 0 saturated carbocycles. The molecule has 2 aromatic rings. The van der Waals surface area contributed by atoms with E-state index in [1.165, 1.54) is 6.26 Å². The molecule has 0 unspecified atom stereocenters. The van der Waals surface area contributed by atoms with Gasteiger partial charge in [0.2, 0.25) is 0 Å². The van der Waals surface area contributed by atoms with E-state index in [4.69, 9.17) is 4.74 Å². The molecule has 1 N–H and O–H groups in total. The van der Waals surface area contributed by atoms with Gasteiger partial charge in [0, 0.05) is 43.5 Å². The Hall–Kier alpha value is -0.856. The van der Waals surface area contributed by atoms with Crippen LogP contribution in [-0.4, -0.2) is 5.11 Å². The molecule has 3 heteroatoms. The Balaban J connectivity index is 0.00000112. The summed E-state index contributed by atoms with van der Waals surface area (Å²) in [7, 11) is 0. The van der Waals surface area contributed by atoms with Crippen molar-refractivity contribution in [3.63, 3.8) is 0 Å². The monoisotopic (exact) mass is 275 g/mol. The van der Waals surface area contributed by atoms with Crippen LogP contribution in [0.5, 0.6) is 11.5 Å². The third kappa shape index (κ3) is 2.39. The summed E-state index contributed by atoms with van der Waals surface area (Å²) in [6.07, 6.45) is 1.37. The summed E-state index contributed by atoms with van der Waals surface area (Å²) in [4.78, 5) is 0. The van der Waals surface area contributed by atoms with E-state index in [9.17, 15) is 5.11 Å². The number of ether oxygens (including phenoxy) is 1. The molecule has 15 heavy (non-hydrogen) atoms. The Kier molecular flexibility index (Phi) is 4.31. The molecule has 0 atom stereocenters. The number of fused-ring (bicyclic) bond motifs is 1. The summed E-state index contributed by atoms with van der Waals surface area (Å²) in [5.41, 5.74) is 0. The SMILES string of the molecule is C=COc1ccc(O)c2ccccc12.[Y]. The van der Waals surface area contributed by atoms with Gasteiger partial charge in [0.1, 0.15) is 11.5 Å². The van der Waals surface area contributed by atoms with Gasteiger partial charge in [-0.05, 0) is 12.1 Å². The fourth-order valence-electron chi connectivity index (χ4n) is 1.45. The zero-order valence-electron chi connectivity index (χ0n) is 8.18. The van der Waals surface area contributed by atoms with Crippen molar-refractivity contribution in [3.05, 3.63) is 49.2 Å². The first-order valence-corrected chi connectivity index (χ1v) is 4.31. The van der Waals surface area contributed by atoms with Crippen LogP contribution in [0.2, 0.25) is 0 Å². The van der Waals surface area contributed by atoms with Crippen molar-refractivity contribution in [2.75, 3.05) is 0 Å². The predicted octanol–water partition coefficient (Wildman–Crippen LogP) is 3.07. The first-order chi connectivity index (χ1) is 6.83. The predicted molar refractivity (Wildman–Crippen MR) is 56.4 cm³/mol. The minimum atomic E-state index is 0. The number of phenolic OH excluding ortho intramolecular Hbond substituents is 1. The molecule has 0 aliphatic rings. The molecular weight excluding hydrogens is 265 g/mol. The van der Waals surface area contributed by atoms with Crippen molar-refractivity contribution in [1.82, 2.24) is 0 Å². The van der Waals surface area contributed by atoms with Crippen molar-refractivity contribution in [2.24, 2.45) is 0 Å². The van der Waals surface area contributed by atoms with Crippen molar-refractivity contribution in [3.8, 4) is 11.5 Å². The molecule has 2 nitrogen and oxygen atoms in total. The minimum absolute atomic E-state index is 0. The third-order valence-corrected chi connectivity index (χ3v) is 2.07. The molecule has 0 aliphatic carbocycles. The van der Waals surface area contributed by atoms with Gasteiger partial charge in [-0.1, -0.05) is 30.8 Å². The van der Waals surface area contributed by atoms with Gasteiger partial charge >= 0.3 is 0 Å². The largest absolute Gasteiger partial charge is 0.507 e. The average molecular weight is 275 g/mol. The van der Waals surface area contributed by atoms with Crippen LogP contribution in [0.15, 0.2) is 49.2 Å². The minimum Gasteiger partial charge on any atom is -0.507 e. The summed E-state index contributed by atoms with van der Waals surface area (Å²) in [5.74, 6) is 0.963. The summed E-state index contributed by atoms with van der Waals surface area (Å²) < 4.78 is 5.23. The van der Waals surface area contributed by atoms with Crippen LogP contribution >= 0.6 is 0 Å². The zero-order valence-corrected chi connectivity index (χ0v) is 11.0. The second-order valence-corrected chi connectivity index (χ2v) is 2.91. The molecule has 0 aliphatic heterocycles. The van der Waals surface area contributed by atoms with Gasteiger partial charge in [-0.25, -0.2) is 0 Å². The fraction of sp³-hybridized carbons (Fsp3) is 0. The molecule has 2 aromatic carbocycles. The summed E-state index contributed by atoms with van der Waals surface area (Å²) >= 11 is 0. The number of hydrogen-bond acceptors (Lipinski definition) is 2. The molecule has 0 spiro atoms. The van der Waals surface area contributed by atoms with E-state index in [1.807, 2.05) is 24.3 Å². The summed E-state index contributed by atoms with van der Waals surface area (Å²) in [6, 6.07) is 10.9. The van der Waals surface area contributed by atoms with Gasteiger partial charge in [0.15, 0.2) is 0 Å². The number of benzene rings is 2. The standard InChI is InChI=1S/C12H10O2.Y/c1-2-14-12-8-7-11(13)9-5-3-4-6-10(9)12;/h2-8,13H,1H2;. The quantitative estimate of drug-likeness (QED) is 0.853. The van der Waals surface area contributed by atoms with Gasteiger partial charge in [-0.2, -0.15) is 0 Å². The molecule has 0 heterocycles. The molecule has 0 bridgehead atoms. The molecule has 0 aromatic heterocycles. The molecule has 73 valence electrons. The molecule has 0 amide bonds. The van der Waals surface area contributed by atoms with Crippen LogP contribution in [0, 0.1) is 0 Å². The first kappa shape index (κ1) is 12.2. The molecule has 0 saturated heterocycles. The second-order valence-electron chi connectivity index (χ2n) is 2.91. The second kappa shape index (κ2) is 5.29. The van der Waals surface area contributed by atoms with E-state index in [1.54, 1.807) is 12.1 Å². The van der Waals surface area contributed by atoms with Crippen LogP contribution in [-0.2, 0) is 32.7 Å². The van der Waals surface area contributed by atoms with E-state index in [-0.39, 0.29) is 38.5 Å². The molecule has 0 fully saturated rings. The topological polar surface area (TPSA) is 29.5 Å². The maximum atomic E-state index is 9.58. The Morgan fingerprint density at radius 1 is 1.07 bits per heavy atom. The average Bonchev–Trinajstić information content (AvgIpc) is 2.23. The van der Waals surface area contributed by atoms with Crippen molar-refractivity contribution in [1.29, 1.82) is 0 Å². The number of aromatic hydroxyl groups is 1. The van der Waals surface area contributed by atoms with Crippen LogP contribution in [0.1, 0.15) is 0 Å². The van der Waals surface area contributed by atoms with Gasteiger partial charge < -0.3 is 9.84 Å². The summed E-state index contributed by atoms with van der Waals surface area (Å²) in [5, 5.41) is 11.2. The Morgan fingerprint density at radius 2 is 1.73 bits per heavy atom. The van der Waals surface area contributed by atoms with Gasteiger partial charge in [-0.15, -0.1) is 0 Å². The maximum absolute atomic E-state index is 9.58. The number of phenols is 1. The van der Waals surface area contributed by atoms with Crippen molar-refractivity contribution < 1.29 is 42.6 Å². The van der Waals surface area contributed by atoms with E-state index in [0.29, 0.717) is 5.75 Å². The van der Waals surface area contributed by atoms with Crippen molar-refractivity contribution >= 4 is 10.8 Å². The molecular formula is C12H10O2Y. The van der Waals surface area contributed by atoms with Gasteiger partial charge in [0.05, 0.1) is 6.26 Å². The van der Waals surface area contributed by atoms with E-state index >= 15 is 0 Å². The third-order valence-electron chi connectivity index (χ3n) is 2.07. The summed E-state index contributed by atoms with van der Waals surface area (Å²) in [6.45, 7) is 3.50. The zero-order chi connectivity index (χ0) is 9.97. The van der Waals surface area contributed by atoms with Crippen LogP contribution < -0.4 is 4.74 Å². The molecule has 2 rings (SSSR count). The number of rotatable bonds is 2. The normalized spacial score (nSPS) is 9.33. The van der Waals surface area contributed by atoms with Gasteiger partial charge in [0.25, 0.3) is 0 Å². The van der Waals surface area contributed by atoms with Crippen LogP contribution in [0.4, 0.5) is 0 Å². The Morgan fingerprint density at radius 3 is 2.40 bits per heavy atom. The van der Waals surface area contributed by atoms with E-state index in [0.717, 1.165) is 10.8 Å². The smallest absolute Gasteiger partial charge is 0.134 e. The molecule has 1 radical (unpaired) electrons. The van der Waals surface area contributed by atoms with Crippen molar-refractivity contribution in [2.45, 2.75) is 0 Å². The van der Waals surface area contributed by atoms with E-state index < -0.39 is 0 Å². The fourth-order valence-corrected chi connectivity index (χ4v) is 1.45. The maximum Gasteiger partial charge on any atom is 0.134 e. The Bertz CT molecular complexity index is 480.